The largest absolute Gasteiger partial charge is 0.370 e. The molecule has 16 heavy (non-hydrogen) atoms. The van der Waals surface area contributed by atoms with E-state index in [9.17, 15) is 14.9 Å². The molecule has 5 heteroatoms. The Hall–Kier alpha value is -2.17. The van der Waals surface area contributed by atoms with Gasteiger partial charge in [-0.1, -0.05) is 30.3 Å². The molecule has 0 aliphatic heterocycles. The quantitative estimate of drug-likeness (QED) is 0.603. The predicted octanol–water partition coefficient (Wildman–Crippen LogP) is 1.57. The van der Waals surface area contributed by atoms with Crippen LogP contribution < -0.4 is 5.73 Å². The molecule has 84 valence electrons. The summed E-state index contributed by atoms with van der Waals surface area (Å²) < 4.78 is 0. The summed E-state index contributed by atoms with van der Waals surface area (Å²) in [6, 6.07) is 8.92. The van der Waals surface area contributed by atoms with Crippen LogP contribution in [0.25, 0.3) is 6.08 Å². The molecule has 1 aromatic carbocycles. The van der Waals surface area contributed by atoms with Crippen molar-refractivity contribution >= 4 is 12.0 Å². The first-order valence-electron chi connectivity index (χ1n) is 4.78. The average molecular weight is 220 g/mol. The van der Waals surface area contributed by atoms with Gasteiger partial charge in [-0.3, -0.25) is 14.9 Å². The van der Waals surface area contributed by atoms with Gasteiger partial charge in [0, 0.05) is 18.9 Å². The standard InChI is InChI=1S/C11H12N2O3/c12-11(14)7-6-10(13(15)16)8-9-4-2-1-3-5-9/h1-5,8H,6-7H2,(H2,12,14). The number of carbonyl (C=O) groups excluding carboxylic acids is 1. The third kappa shape index (κ3) is 3.91. The highest BCUT2D eigenvalue weighted by Gasteiger charge is 2.11. The zero-order valence-electron chi connectivity index (χ0n) is 8.63. The summed E-state index contributed by atoms with van der Waals surface area (Å²) in [7, 11) is 0. The zero-order valence-corrected chi connectivity index (χ0v) is 8.63. The number of hydrogen-bond donors (Lipinski definition) is 1. The normalized spacial score (nSPS) is 11.1. The topological polar surface area (TPSA) is 86.2 Å². The Labute approximate surface area is 92.7 Å². The highest BCUT2D eigenvalue weighted by atomic mass is 16.6. The van der Waals surface area contributed by atoms with Crippen LogP contribution in [0.3, 0.4) is 0 Å². The van der Waals surface area contributed by atoms with Gasteiger partial charge in [-0.25, -0.2) is 0 Å². The van der Waals surface area contributed by atoms with Crippen LogP contribution in [-0.4, -0.2) is 10.8 Å². The molecule has 0 bridgehead atoms. The van der Waals surface area contributed by atoms with Crippen LogP contribution in [0.4, 0.5) is 0 Å². The molecule has 0 fully saturated rings. The lowest BCUT2D eigenvalue weighted by molar-refractivity contribution is -0.426. The van der Waals surface area contributed by atoms with Gasteiger partial charge in [0.25, 0.3) is 0 Å². The Morgan fingerprint density at radius 1 is 1.31 bits per heavy atom. The number of allylic oxidation sites excluding steroid dienone is 1. The van der Waals surface area contributed by atoms with Crippen LogP contribution in [0.2, 0.25) is 0 Å². The van der Waals surface area contributed by atoms with E-state index in [-0.39, 0.29) is 18.5 Å². The van der Waals surface area contributed by atoms with E-state index in [0.29, 0.717) is 0 Å². The van der Waals surface area contributed by atoms with Gasteiger partial charge in [0.05, 0.1) is 4.92 Å². The SMILES string of the molecule is NC(=O)CCC(=Cc1ccccc1)[N+](=O)[O-]. The molecule has 1 amide bonds. The molecule has 0 spiro atoms. The van der Waals surface area contributed by atoms with E-state index >= 15 is 0 Å². The van der Waals surface area contributed by atoms with Crippen molar-refractivity contribution in [3.8, 4) is 0 Å². The third-order valence-electron chi connectivity index (χ3n) is 1.99. The van der Waals surface area contributed by atoms with E-state index in [1.807, 2.05) is 6.07 Å². The van der Waals surface area contributed by atoms with Gasteiger partial charge in [-0.05, 0) is 5.56 Å². The molecule has 0 aromatic heterocycles. The molecule has 0 radical (unpaired) electrons. The van der Waals surface area contributed by atoms with Crippen molar-refractivity contribution in [2.24, 2.45) is 5.73 Å². The van der Waals surface area contributed by atoms with Gasteiger partial charge in [0.1, 0.15) is 0 Å². The monoisotopic (exact) mass is 220 g/mol. The van der Waals surface area contributed by atoms with Gasteiger partial charge in [-0.2, -0.15) is 0 Å². The highest BCUT2D eigenvalue weighted by Crippen LogP contribution is 2.11. The molecule has 0 aliphatic rings. The lowest BCUT2D eigenvalue weighted by Crippen LogP contribution is -2.11. The number of nitrogens with zero attached hydrogens (tertiary/aromatic N) is 1. The van der Waals surface area contributed by atoms with E-state index in [4.69, 9.17) is 5.73 Å². The first-order chi connectivity index (χ1) is 7.59. The number of rotatable bonds is 5. The fraction of sp³-hybridized carbons (Fsp3) is 0.182. The molecular formula is C11H12N2O3. The Morgan fingerprint density at radius 3 is 2.44 bits per heavy atom. The highest BCUT2D eigenvalue weighted by molar-refractivity contribution is 5.74. The van der Waals surface area contributed by atoms with E-state index in [1.165, 1.54) is 6.08 Å². The average Bonchev–Trinajstić information content (AvgIpc) is 2.25. The maximum absolute atomic E-state index is 10.7. The number of primary amides is 1. The molecule has 0 unspecified atom stereocenters. The Balaban J connectivity index is 2.81. The molecule has 1 rings (SSSR count). The summed E-state index contributed by atoms with van der Waals surface area (Å²) in [5.74, 6) is -0.541. The summed E-state index contributed by atoms with van der Waals surface area (Å²) in [6.45, 7) is 0. The molecule has 0 heterocycles. The zero-order chi connectivity index (χ0) is 12.0. The van der Waals surface area contributed by atoms with Crippen molar-refractivity contribution < 1.29 is 9.72 Å². The van der Waals surface area contributed by atoms with Crippen LogP contribution >= 0.6 is 0 Å². The van der Waals surface area contributed by atoms with Crippen LogP contribution in [0.15, 0.2) is 36.0 Å². The third-order valence-corrected chi connectivity index (χ3v) is 1.99. The first kappa shape index (κ1) is 11.9. The molecule has 0 atom stereocenters. The van der Waals surface area contributed by atoms with Crippen LogP contribution in [0.5, 0.6) is 0 Å². The minimum absolute atomic E-state index is 0.00926. The molecule has 2 N–H and O–H groups in total. The smallest absolute Gasteiger partial charge is 0.247 e. The number of carbonyl (C=O) groups is 1. The van der Waals surface area contributed by atoms with Gasteiger partial charge in [0.15, 0.2) is 0 Å². The van der Waals surface area contributed by atoms with Crippen molar-refractivity contribution in [1.29, 1.82) is 0 Å². The van der Waals surface area contributed by atoms with Crippen LogP contribution in [0.1, 0.15) is 18.4 Å². The van der Waals surface area contributed by atoms with Gasteiger partial charge < -0.3 is 5.73 Å². The maximum atomic E-state index is 10.7. The summed E-state index contributed by atoms with van der Waals surface area (Å²) in [5, 5.41) is 10.7. The molecule has 0 saturated carbocycles. The number of nitro groups is 1. The maximum Gasteiger partial charge on any atom is 0.247 e. The van der Waals surface area contributed by atoms with Crippen molar-refractivity contribution in [3.63, 3.8) is 0 Å². The number of amides is 1. The molecule has 0 aliphatic carbocycles. The Morgan fingerprint density at radius 2 is 1.94 bits per heavy atom. The first-order valence-corrected chi connectivity index (χ1v) is 4.78. The molecule has 0 saturated heterocycles. The van der Waals surface area contributed by atoms with Crippen molar-refractivity contribution in [3.05, 3.63) is 51.7 Å². The van der Waals surface area contributed by atoms with Gasteiger partial charge >= 0.3 is 0 Å². The van der Waals surface area contributed by atoms with E-state index < -0.39 is 10.8 Å². The lowest BCUT2D eigenvalue weighted by atomic mass is 10.1. The Kier molecular flexibility index (Phi) is 4.20. The van der Waals surface area contributed by atoms with Crippen molar-refractivity contribution in [2.75, 3.05) is 0 Å². The number of hydrogen-bond acceptors (Lipinski definition) is 3. The molecular weight excluding hydrogens is 208 g/mol. The minimum atomic E-state index is -0.541. The van der Waals surface area contributed by atoms with Gasteiger partial charge in [0.2, 0.25) is 11.6 Å². The van der Waals surface area contributed by atoms with Crippen molar-refractivity contribution in [2.45, 2.75) is 12.8 Å². The van der Waals surface area contributed by atoms with Crippen LogP contribution in [-0.2, 0) is 4.79 Å². The molecule has 1 aromatic rings. The lowest BCUT2D eigenvalue weighted by Gasteiger charge is -1.97. The van der Waals surface area contributed by atoms with Crippen LogP contribution in [0, 0.1) is 10.1 Å². The summed E-state index contributed by atoms with van der Waals surface area (Å²) >= 11 is 0. The summed E-state index contributed by atoms with van der Waals surface area (Å²) in [4.78, 5) is 20.8. The second kappa shape index (κ2) is 5.65. The Bertz CT molecular complexity index is 412. The van der Waals surface area contributed by atoms with Crippen molar-refractivity contribution in [1.82, 2.24) is 0 Å². The van der Waals surface area contributed by atoms with E-state index in [0.717, 1.165) is 5.56 Å². The fourth-order valence-electron chi connectivity index (χ4n) is 1.21. The second-order valence-electron chi connectivity index (χ2n) is 3.27. The summed E-state index contributed by atoms with van der Waals surface area (Å²) in [6.07, 6.45) is 1.49. The van der Waals surface area contributed by atoms with Gasteiger partial charge in [-0.15, -0.1) is 0 Å². The fourth-order valence-corrected chi connectivity index (χ4v) is 1.21. The number of nitrogens with two attached hydrogens (primary N) is 1. The predicted molar refractivity (Wildman–Crippen MR) is 59.8 cm³/mol. The van der Waals surface area contributed by atoms with E-state index in [1.54, 1.807) is 24.3 Å². The molecule has 5 nitrogen and oxygen atoms in total. The number of benzene rings is 1. The van der Waals surface area contributed by atoms with E-state index in [2.05, 4.69) is 0 Å². The second-order valence-corrected chi connectivity index (χ2v) is 3.27. The minimum Gasteiger partial charge on any atom is -0.370 e. The summed E-state index contributed by atoms with van der Waals surface area (Å²) in [5.41, 5.74) is 5.67.